The van der Waals surface area contributed by atoms with E-state index < -0.39 is 0 Å². The van der Waals surface area contributed by atoms with E-state index in [1.807, 2.05) is 11.3 Å². The van der Waals surface area contributed by atoms with Gasteiger partial charge in [-0.25, -0.2) is 4.98 Å². The van der Waals surface area contributed by atoms with Crippen LogP contribution < -0.4 is 0 Å². The van der Waals surface area contributed by atoms with Crippen LogP contribution >= 0.6 is 11.3 Å². The van der Waals surface area contributed by atoms with Crippen LogP contribution in [0, 0.1) is 0 Å². The summed E-state index contributed by atoms with van der Waals surface area (Å²) in [7, 11) is 4.33. The first-order chi connectivity index (χ1) is 7.74. The molecule has 3 heteroatoms. The van der Waals surface area contributed by atoms with Crippen molar-refractivity contribution in [3.63, 3.8) is 0 Å². The minimum atomic E-state index is 0.699. The van der Waals surface area contributed by atoms with Crippen LogP contribution in [-0.2, 0) is 0 Å². The number of fused-ring (bicyclic) bond motifs is 1. The van der Waals surface area contributed by atoms with E-state index in [0.29, 0.717) is 5.92 Å². The average Bonchev–Trinajstić information content (AvgIpc) is 2.57. The number of hydrogen-bond acceptors (Lipinski definition) is 3. The third-order valence-electron chi connectivity index (χ3n) is 3.50. The number of para-hydroxylation sites is 1. The molecule has 0 radical (unpaired) electrons. The van der Waals surface area contributed by atoms with Crippen molar-refractivity contribution in [1.82, 2.24) is 9.88 Å². The lowest BCUT2D eigenvalue weighted by atomic mass is 9.80. The predicted molar refractivity (Wildman–Crippen MR) is 69.1 cm³/mol. The molecule has 0 aliphatic heterocycles. The fourth-order valence-corrected chi connectivity index (χ4v) is 3.37. The van der Waals surface area contributed by atoms with E-state index in [-0.39, 0.29) is 0 Å². The van der Waals surface area contributed by atoms with E-state index in [1.165, 1.54) is 22.5 Å². The van der Waals surface area contributed by atoms with Gasteiger partial charge in [-0.3, -0.25) is 0 Å². The Morgan fingerprint density at radius 3 is 2.69 bits per heavy atom. The molecule has 84 valence electrons. The van der Waals surface area contributed by atoms with Gasteiger partial charge >= 0.3 is 0 Å². The molecule has 1 aliphatic rings. The van der Waals surface area contributed by atoms with Gasteiger partial charge in [0.05, 0.1) is 15.2 Å². The van der Waals surface area contributed by atoms with Gasteiger partial charge in [0.25, 0.3) is 0 Å². The summed E-state index contributed by atoms with van der Waals surface area (Å²) >= 11 is 1.87. The summed E-state index contributed by atoms with van der Waals surface area (Å²) in [5.41, 5.74) is 1.16. The molecule has 0 saturated heterocycles. The largest absolute Gasteiger partial charge is 0.306 e. The third kappa shape index (κ3) is 1.64. The van der Waals surface area contributed by atoms with E-state index >= 15 is 0 Å². The molecular formula is C13H16N2S. The van der Waals surface area contributed by atoms with Crippen LogP contribution in [0.3, 0.4) is 0 Å². The van der Waals surface area contributed by atoms with Gasteiger partial charge in [0.1, 0.15) is 0 Å². The summed E-state index contributed by atoms with van der Waals surface area (Å²) in [5, 5.41) is 1.33. The highest BCUT2D eigenvalue weighted by Crippen LogP contribution is 2.41. The zero-order valence-corrected chi connectivity index (χ0v) is 10.5. The normalized spacial score (nSPS) is 24.9. The molecule has 0 N–H and O–H groups in total. The van der Waals surface area contributed by atoms with Crippen molar-refractivity contribution in [3.8, 4) is 0 Å². The van der Waals surface area contributed by atoms with Crippen LogP contribution in [0.5, 0.6) is 0 Å². The molecule has 0 atom stereocenters. The standard InChI is InChI=1S/C13H16N2S/c1-15(2)10-7-9(8-10)13-14-11-5-3-4-6-12(11)16-13/h3-6,9-10H,7-8H2,1-2H3. The highest BCUT2D eigenvalue weighted by atomic mass is 32.1. The second kappa shape index (κ2) is 3.82. The lowest BCUT2D eigenvalue weighted by Gasteiger charge is -2.38. The maximum atomic E-state index is 4.73. The molecule has 1 saturated carbocycles. The van der Waals surface area contributed by atoms with Crippen molar-refractivity contribution in [1.29, 1.82) is 0 Å². The first kappa shape index (κ1) is 10.2. The fraction of sp³-hybridized carbons (Fsp3) is 0.462. The molecule has 1 heterocycles. The Morgan fingerprint density at radius 2 is 2.00 bits per heavy atom. The van der Waals surface area contributed by atoms with E-state index in [4.69, 9.17) is 4.98 Å². The molecule has 16 heavy (non-hydrogen) atoms. The Balaban J connectivity index is 1.81. The highest BCUT2D eigenvalue weighted by Gasteiger charge is 2.33. The molecule has 0 amide bonds. The molecule has 2 aromatic rings. The van der Waals surface area contributed by atoms with Crippen molar-refractivity contribution < 1.29 is 0 Å². The quantitative estimate of drug-likeness (QED) is 0.791. The van der Waals surface area contributed by atoms with Crippen molar-refractivity contribution >= 4 is 21.6 Å². The fourth-order valence-electron chi connectivity index (χ4n) is 2.28. The van der Waals surface area contributed by atoms with Gasteiger partial charge < -0.3 is 4.90 Å². The van der Waals surface area contributed by atoms with Crippen molar-refractivity contribution in [2.45, 2.75) is 24.8 Å². The average molecular weight is 232 g/mol. The lowest BCUT2D eigenvalue weighted by Crippen LogP contribution is -2.39. The van der Waals surface area contributed by atoms with E-state index in [0.717, 1.165) is 11.6 Å². The van der Waals surface area contributed by atoms with Gasteiger partial charge in [0, 0.05) is 12.0 Å². The number of aromatic nitrogens is 1. The first-order valence-electron chi connectivity index (χ1n) is 5.76. The van der Waals surface area contributed by atoms with Gasteiger partial charge in [-0.15, -0.1) is 11.3 Å². The molecule has 1 aromatic carbocycles. The number of rotatable bonds is 2. The second-order valence-corrected chi connectivity index (χ2v) is 5.87. The highest BCUT2D eigenvalue weighted by molar-refractivity contribution is 7.18. The van der Waals surface area contributed by atoms with Gasteiger partial charge in [-0.1, -0.05) is 12.1 Å². The number of hydrogen-bond donors (Lipinski definition) is 0. The molecule has 2 nitrogen and oxygen atoms in total. The predicted octanol–water partition coefficient (Wildman–Crippen LogP) is 3.10. The summed E-state index contributed by atoms with van der Waals surface area (Å²) in [5.74, 6) is 0.699. The van der Waals surface area contributed by atoms with Crippen LogP contribution in [0.25, 0.3) is 10.2 Å². The molecule has 1 aromatic heterocycles. The first-order valence-corrected chi connectivity index (χ1v) is 6.57. The van der Waals surface area contributed by atoms with E-state index in [9.17, 15) is 0 Å². The van der Waals surface area contributed by atoms with Crippen LogP contribution in [0.4, 0.5) is 0 Å². The smallest absolute Gasteiger partial charge is 0.0970 e. The Bertz CT molecular complexity index is 464. The van der Waals surface area contributed by atoms with Crippen molar-refractivity contribution in [2.24, 2.45) is 0 Å². The van der Waals surface area contributed by atoms with Crippen LogP contribution in [0.15, 0.2) is 24.3 Å². The summed E-state index contributed by atoms with van der Waals surface area (Å²) in [4.78, 5) is 7.05. The Morgan fingerprint density at radius 1 is 1.25 bits per heavy atom. The van der Waals surface area contributed by atoms with Gasteiger partial charge in [-0.2, -0.15) is 0 Å². The van der Waals surface area contributed by atoms with E-state index in [1.54, 1.807) is 0 Å². The molecule has 0 bridgehead atoms. The Labute approximate surface area is 99.9 Å². The lowest BCUT2D eigenvalue weighted by molar-refractivity contribution is 0.166. The minimum absolute atomic E-state index is 0.699. The maximum Gasteiger partial charge on any atom is 0.0970 e. The van der Waals surface area contributed by atoms with Crippen LogP contribution in [-0.4, -0.2) is 30.0 Å². The summed E-state index contributed by atoms with van der Waals surface area (Å²) in [6.45, 7) is 0. The monoisotopic (exact) mass is 232 g/mol. The van der Waals surface area contributed by atoms with Gasteiger partial charge in [0.2, 0.25) is 0 Å². The van der Waals surface area contributed by atoms with Gasteiger partial charge in [-0.05, 0) is 39.1 Å². The molecule has 1 aliphatic carbocycles. The summed E-state index contributed by atoms with van der Waals surface area (Å²) in [6.07, 6.45) is 2.54. The second-order valence-electron chi connectivity index (χ2n) is 4.81. The summed E-state index contributed by atoms with van der Waals surface area (Å²) < 4.78 is 1.32. The van der Waals surface area contributed by atoms with Crippen LogP contribution in [0.2, 0.25) is 0 Å². The number of nitrogens with zero attached hydrogens (tertiary/aromatic N) is 2. The number of benzene rings is 1. The van der Waals surface area contributed by atoms with Crippen molar-refractivity contribution in [3.05, 3.63) is 29.3 Å². The SMILES string of the molecule is CN(C)C1CC(c2nc3ccccc3s2)C1. The maximum absolute atomic E-state index is 4.73. The molecule has 1 fully saturated rings. The minimum Gasteiger partial charge on any atom is -0.306 e. The molecular weight excluding hydrogens is 216 g/mol. The van der Waals surface area contributed by atoms with E-state index in [2.05, 4.69) is 43.3 Å². The molecule has 0 spiro atoms. The molecule has 0 unspecified atom stereocenters. The topological polar surface area (TPSA) is 16.1 Å². The third-order valence-corrected chi connectivity index (χ3v) is 4.70. The van der Waals surface area contributed by atoms with Crippen LogP contribution in [0.1, 0.15) is 23.8 Å². The van der Waals surface area contributed by atoms with Crippen molar-refractivity contribution in [2.75, 3.05) is 14.1 Å². The Kier molecular flexibility index (Phi) is 2.45. The Hall–Kier alpha value is -0.930. The van der Waals surface area contributed by atoms with Gasteiger partial charge in [0.15, 0.2) is 0 Å². The summed E-state index contributed by atoms with van der Waals surface area (Å²) in [6, 6.07) is 9.19. The zero-order valence-electron chi connectivity index (χ0n) is 9.68. The zero-order chi connectivity index (χ0) is 11.1. The molecule has 3 rings (SSSR count). The number of thiazole rings is 1.